The summed E-state index contributed by atoms with van der Waals surface area (Å²) in [5.41, 5.74) is 0. The van der Waals surface area contributed by atoms with Crippen LogP contribution in [0.3, 0.4) is 0 Å². The second kappa shape index (κ2) is 30.5. The van der Waals surface area contributed by atoms with Gasteiger partial charge in [0.25, 0.3) is 7.82 Å². The van der Waals surface area contributed by atoms with E-state index in [1.54, 1.807) is 6.08 Å². The number of carbonyl (C=O) groups excluding carboxylic acids is 1. The summed E-state index contributed by atoms with van der Waals surface area (Å²) >= 11 is 0. The minimum Gasteiger partial charge on any atom is -0.756 e. The number of phosphoric ester groups is 1. The van der Waals surface area contributed by atoms with Crippen LogP contribution in [-0.4, -0.2) is 68.5 Å². The molecule has 0 aliphatic carbocycles. The zero-order chi connectivity index (χ0) is 35.1. The summed E-state index contributed by atoms with van der Waals surface area (Å²) in [6.07, 6.45) is 35.8. The molecule has 3 unspecified atom stereocenters. The van der Waals surface area contributed by atoms with Gasteiger partial charge in [0, 0.05) is 6.42 Å². The van der Waals surface area contributed by atoms with Crippen LogP contribution in [0.5, 0.6) is 0 Å². The van der Waals surface area contributed by atoms with Gasteiger partial charge >= 0.3 is 0 Å². The molecule has 0 spiro atoms. The average molecular weight is 683 g/mol. The van der Waals surface area contributed by atoms with E-state index in [0.29, 0.717) is 17.4 Å². The summed E-state index contributed by atoms with van der Waals surface area (Å²) in [4.78, 5) is 25.1. The number of likely N-dealkylation sites (N-methyl/N-ethyl adjacent to an activating group) is 1. The Hall–Kier alpha value is -1.54. The maximum Gasteiger partial charge on any atom is 0.268 e. The molecule has 9 heteroatoms. The highest BCUT2D eigenvalue weighted by Gasteiger charge is 2.23. The highest BCUT2D eigenvalue weighted by Crippen LogP contribution is 2.38. The van der Waals surface area contributed by atoms with E-state index in [-0.39, 0.29) is 12.5 Å². The molecule has 3 atom stereocenters. The first-order chi connectivity index (χ1) is 22.5. The fourth-order valence-electron chi connectivity index (χ4n) is 4.73. The van der Waals surface area contributed by atoms with Crippen molar-refractivity contribution in [1.29, 1.82) is 0 Å². The zero-order valence-electron chi connectivity index (χ0n) is 30.7. The fourth-order valence-corrected chi connectivity index (χ4v) is 5.45. The summed E-state index contributed by atoms with van der Waals surface area (Å²) in [7, 11) is 1.22. The molecule has 0 fully saturated rings. The first kappa shape index (κ1) is 45.5. The molecule has 0 heterocycles. The molecule has 0 saturated heterocycles. The van der Waals surface area contributed by atoms with Crippen molar-refractivity contribution < 1.29 is 32.9 Å². The van der Waals surface area contributed by atoms with Gasteiger partial charge in [-0.2, -0.15) is 0 Å². The summed E-state index contributed by atoms with van der Waals surface area (Å²) in [6, 6.07) is -0.908. The van der Waals surface area contributed by atoms with Gasteiger partial charge in [-0.3, -0.25) is 9.36 Å². The Balaban J connectivity index is 4.65. The van der Waals surface area contributed by atoms with Crippen molar-refractivity contribution in [2.24, 2.45) is 0 Å². The predicted octanol–water partition coefficient (Wildman–Crippen LogP) is 8.72. The van der Waals surface area contributed by atoms with Crippen molar-refractivity contribution in [2.75, 3.05) is 40.9 Å². The molecule has 8 nitrogen and oxygen atoms in total. The van der Waals surface area contributed by atoms with E-state index in [1.165, 1.54) is 44.9 Å². The van der Waals surface area contributed by atoms with E-state index in [1.807, 2.05) is 27.2 Å². The number of aliphatic hydroxyl groups excluding tert-OH is 1. The molecule has 2 N–H and O–H groups in total. The van der Waals surface area contributed by atoms with E-state index >= 15 is 0 Å². The van der Waals surface area contributed by atoms with Crippen molar-refractivity contribution in [2.45, 2.75) is 148 Å². The second-order valence-corrected chi connectivity index (χ2v) is 15.0. The predicted molar refractivity (Wildman–Crippen MR) is 196 cm³/mol. The standard InChI is InChI=1S/C38H71N2O6P/c1-6-8-10-12-14-16-18-20-22-24-26-28-30-32-38(42)39-36(35-46-47(43,44)45-34-33-40(3,4)5)37(41)31-29-27-25-23-21-19-17-15-13-11-9-7-2/h10,12,16,18,21,23,29,31,36-37,41H,6-9,11,13-15,17,19-20,22,24-28,30,32-35H2,1-5H3,(H-,39,42,43,44)/b12-10-,18-16-,23-21+,31-29+. The number of quaternary nitrogens is 1. The van der Waals surface area contributed by atoms with Crippen molar-refractivity contribution in [1.82, 2.24) is 5.32 Å². The number of aliphatic hydroxyl groups is 1. The summed E-state index contributed by atoms with van der Waals surface area (Å²) in [6.45, 7) is 4.49. The van der Waals surface area contributed by atoms with Crippen molar-refractivity contribution in [3.63, 3.8) is 0 Å². The molecule has 1 amide bonds. The highest BCUT2D eigenvalue weighted by molar-refractivity contribution is 7.45. The summed E-state index contributed by atoms with van der Waals surface area (Å²) < 4.78 is 23.0. The van der Waals surface area contributed by atoms with Gasteiger partial charge in [0.1, 0.15) is 13.2 Å². The smallest absolute Gasteiger partial charge is 0.268 e. The summed E-state index contributed by atoms with van der Waals surface area (Å²) in [5, 5.41) is 13.6. The number of phosphoric acid groups is 1. The molecule has 0 rings (SSSR count). The average Bonchev–Trinajstić information content (AvgIpc) is 3.01. The number of carbonyl (C=O) groups is 1. The SMILES string of the molecule is CCC/C=C\C/C=C\CCCCCCCC(=O)NC(COP(=O)([O-])OCC[N+](C)(C)C)C(O)/C=C/CC/C=C/CCCCCCCC. The topological polar surface area (TPSA) is 108 Å². The molecule has 47 heavy (non-hydrogen) atoms. The fraction of sp³-hybridized carbons (Fsp3) is 0.763. The van der Waals surface area contributed by atoms with Crippen LogP contribution >= 0.6 is 7.82 Å². The van der Waals surface area contributed by atoms with Crippen LogP contribution in [0.1, 0.15) is 136 Å². The minimum absolute atomic E-state index is 0.0111. The Kier molecular flexibility index (Phi) is 29.5. The van der Waals surface area contributed by atoms with Crippen LogP contribution in [0, 0.1) is 0 Å². The van der Waals surface area contributed by atoms with Crippen LogP contribution in [0.2, 0.25) is 0 Å². The normalized spacial score (nSPS) is 15.3. The van der Waals surface area contributed by atoms with Gasteiger partial charge in [0.05, 0.1) is 39.9 Å². The monoisotopic (exact) mass is 683 g/mol. The highest BCUT2D eigenvalue weighted by atomic mass is 31.2. The van der Waals surface area contributed by atoms with Gasteiger partial charge in [0.2, 0.25) is 5.91 Å². The van der Waals surface area contributed by atoms with E-state index in [4.69, 9.17) is 9.05 Å². The number of rotatable bonds is 32. The largest absolute Gasteiger partial charge is 0.756 e. The Labute approximate surface area is 289 Å². The molecular weight excluding hydrogens is 611 g/mol. The number of nitrogens with one attached hydrogen (secondary N) is 1. The third kappa shape index (κ3) is 32.8. The Morgan fingerprint density at radius 2 is 1.30 bits per heavy atom. The zero-order valence-corrected chi connectivity index (χ0v) is 31.6. The molecule has 0 aliphatic rings. The lowest BCUT2D eigenvalue weighted by Gasteiger charge is -2.29. The van der Waals surface area contributed by atoms with Crippen LogP contribution in [0.15, 0.2) is 48.6 Å². The lowest BCUT2D eigenvalue weighted by Crippen LogP contribution is -2.45. The molecule has 0 aromatic heterocycles. The quantitative estimate of drug-likeness (QED) is 0.0318. The van der Waals surface area contributed by atoms with Gasteiger partial charge in [-0.25, -0.2) is 0 Å². The van der Waals surface area contributed by atoms with Crippen LogP contribution < -0.4 is 10.2 Å². The Bertz CT molecular complexity index is 912. The van der Waals surface area contributed by atoms with E-state index in [9.17, 15) is 19.4 Å². The van der Waals surface area contributed by atoms with Gasteiger partial charge in [0.15, 0.2) is 0 Å². The van der Waals surface area contributed by atoms with Crippen molar-refractivity contribution in [3.05, 3.63) is 48.6 Å². The lowest BCUT2D eigenvalue weighted by molar-refractivity contribution is -0.870. The van der Waals surface area contributed by atoms with Gasteiger partial charge in [-0.05, 0) is 57.8 Å². The first-order valence-electron chi connectivity index (χ1n) is 18.5. The lowest BCUT2D eigenvalue weighted by atomic mass is 10.1. The van der Waals surface area contributed by atoms with Crippen molar-refractivity contribution in [3.8, 4) is 0 Å². The molecule has 0 aromatic rings. The molecule has 0 bridgehead atoms. The number of hydrogen-bond donors (Lipinski definition) is 2. The van der Waals surface area contributed by atoms with E-state index < -0.39 is 26.6 Å². The molecule has 0 aromatic carbocycles. The third-order valence-electron chi connectivity index (χ3n) is 7.74. The van der Waals surface area contributed by atoms with Crippen LogP contribution in [0.25, 0.3) is 0 Å². The maximum atomic E-state index is 12.7. The maximum absolute atomic E-state index is 12.7. The number of hydrogen-bond acceptors (Lipinski definition) is 6. The number of allylic oxidation sites excluding steroid dienone is 7. The van der Waals surface area contributed by atoms with E-state index in [0.717, 1.165) is 70.6 Å². The van der Waals surface area contributed by atoms with E-state index in [2.05, 4.69) is 55.6 Å². The second-order valence-electron chi connectivity index (χ2n) is 13.6. The Morgan fingerprint density at radius 3 is 1.94 bits per heavy atom. The molecular formula is C38H71N2O6P. The number of unbranched alkanes of at least 4 members (excludes halogenated alkanes) is 13. The first-order valence-corrected chi connectivity index (χ1v) is 20.0. The molecule has 274 valence electrons. The van der Waals surface area contributed by atoms with Crippen molar-refractivity contribution >= 4 is 13.7 Å². The third-order valence-corrected chi connectivity index (χ3v) is 8.71. The Morgan fingerprint density at radius 1 is 0.745 bits per heavy atom. The van der Waals surface area contributed by atoms with Crippen LogP contribution in [0.4, 0.5) is 0 Å². The van der Waals surface area contributed by atoms with Gasteiger partial charge < -0.3 is 28.8 Å². The molecule has 0 saturated carbocycles. The molecule has 0 aliphatic heterocycles. The van der Waals surface area contributed by atoms with Gasteiger partial charge in [-0.15, -0.1) is 0 Å². The van der Waals surface area contributed by atoms with Gasteiger partial charge in [-0.1, -0.05) is 120 Å². The number of nitrogens with zero attached hydrogens (tertiary/aromatic N) is 1. The van der Waals surface area contributed by atoms with Crippen LogP contribution in [-0.2, 0) is 18.4 Å². The molecule has 0 radical (unpaired) electrons. The summed E-state index contributed by atoms with van der Waals surface area (Å²) in [5.74, 6) is -0.227. The minimum atomic E-state index is -4.59. The number of amides is 1.